The number of aliphatic hydroxyl groups is 1. The molecule has 0 saturated heterocycles. The van der Waals surface area contributed by atoms with E-state index in [1.54, 1.807) is 6.07 Å². The van der Waals surface area contributed by atoms with Gasteiger partial charge in [0, 0.05) is 22.0 Å². The maximum Gasteiger partial charge on any atom is 0.270 e. The summed E-state index contributed by atoms with van der Waals surface area (Å²) < 4.78 is 0.749. The van der Waals surface area contributed by atoms with Crippen molar-refractivity contribution in [3.8, 4) is 0 Å². The van der Waals surface area contributed by atoms with Gasteiger partial charge in [0.1, 0.15) is 0 Å². The van der Waals surface area contributed by atoms with E-state index in [1.165, 1.54) is 12.1 Å². The zero-order chi connectivity index (χ0) is 12.6. The number of non-ortho nitro benzene ring substituents is 1. The lowest BCUT2D eigenvalue weighted by molar-refractivity contribution is -0.384. The highest BCUT2D eigenvalue weighted by atomic mass is 79.9. The molecule has 1 aliphatic carbocycles. The van der Waals surface area contributed by atoms with E-state index in [0.29, 0.717) is 0 Å². The largest absolute Gasteiger partial charge is 0.393 e. The quantitative estimate of drug-likeness (QED) is 0.686. The monoisotopic (exact) mass is 299 g/mol. The highest BCUT2D eigenvalue weighted by Crippen LogP contribution is 2.52. The molecular weight excluding hydrogens is 286 g/mol. The fourth-order valence-electron chi connectivity index (χ4n) is 2.08. The van der Waals surface area contributed by atoms with Gasteiger partial charge in [-0.25, -0.2) is 0 Å². The van der Waals surface area contributed by atoms with Crippen molar-refractivity contribution in [3.05, 3.63) is 38.3 Å². The van der Waals surface area contributed by atoms with Crippen molar-refractivity contribution < 1.29 is 10.0 Å². The van der Waals surface area contributed by atoms with Crippen LogP contribution in [0.1, 0.15) is 25.3 Å². The Morgan fingerprint density at radius 1 is 1.59 bits per heavy atom. The number of halogens is 1. The maximum absolute atomic E-state index is 10.6. The van der Waals surface area contributed by atoms with Gasteiger partial charge in [-0.2, -0.15) is 0 Å². The Hall–Kier alpha value is -0.940. The van der Waals surface area contributed by atoms with Crippen LogP contribution in [0.4, 0.5) is 5.69 Å². The minimum absolute atomic E-state index is 0.0152. The van der Waals surface area contributed by atoms with E-state index in [4.69, 9.17) is 0 Å². The van der Waals surface area contributed by atoms with E-state index >= 15 is 0 Å². The Balaban J connectivity index is 2.20. The molecule has 0 heterocycles. The smallest absolute Gasteiger partial charge is 0.270 e. The predicted octanol–water partition coefficient (Wildman–Crippen LogP) is 3.06. The molecule has 4 nitrogen and oxygen atoms in total. The van der Waals surface area contributed by atoms with Crippen LogP contribution in [-0.4, -0.2) is 16.1 Å². The SMILES string of the molecule is CC(O)C1(Cc2ccc([N+](=O)[O-])cc2Br)CC1. The number of nitrogens with zero attached hydrogens (tertiary/aromatic N) is 1. The molecule has 1 N–H and O–H groups in total. The van der Waals surface area contributed by atoms with Crippen molar-refractivity contribution in [3.63, 3.8) is 0 Å². The average molecular weight is 300 g/mol. The third-order valence-corrected chi connectivity index (χ3v) is 4.31. The number of aliphatic hydroxyl groups excluding tert-OH is 1. The molecule has 0 radical (unpaired) electrons. The van der Waals surface area contributed by atoms with Gasteiger partial charge in [0.05, 0.1) is 11.0 Å². The van der Waals surface area contributed by atoms with Crippen LogP contribution in [0.2, 0.25) is 0 Å². The van der Waals surface area contributed by atoms with E-state index in [-0.39, 0.29) is 17.2 Å². The van der Waals surface area contributed by atoms with Gasteiger partial charge >= 0.3 is 0 Å². The summed E-state index contributed by atoms with van der Waals surface area (Å²) in [5, 5.41) is 20.3. The Labute approximate surface area is 108 Å². The average Bonchev–Trinajstić information content (AvgIpc) is 3.02. The second-order valence-corrected chi connectivity index (χ2v) is 5.60. The van der Waals surface area contributed by atoms with E-state index < -0.39 is 4.92 Å². The molecule has 1 atom stereocenters. The molecule has 2 rings (SSSR count). The molecule has 1 unspecified atom stereocenters. The highest BCUT2D eigenvalue weighted by Gasteiger charge is 2.46. The molecule has 17 heavy (non-hydrogen) atoms. The van der Waals surface area contributed by atoms with Gasteiger partial charge < -0.3 is 5.11 Å². The standard InChI is InChI=1S/C12H14BrNO3/c1-8(15)12(4-5-12)7-9-2-3-10(14(16)17)6-11(9)13/h2-3,6,8,15H,4-5,7H2,1H3. The van der Waals surface area contributed by atoms with Crippen molar-refractivity contribution in [1.29, 1.82) is 0 Å². The van der Waals surface area contributed by atoms with Crippen LogP contribution in [0, 0.1) is 15.5 Å². The topological polar surface area (TPSA) is 63.4 Å². The van der Waals surface area contributed by atoms with E-state index in [9.17, 15) is 15.2 Å². The number of benzene rings is 1. The van der Waals surface area contributed by atoms with Gasteiger partial charge in [-0.05, 0) is 31.7 Å². The molecular formula is C12H14BrNO3. The summed E-state index contributed by atoms with van der Waals surface area (Å²) >= 11 is 3.36. The van der Waals surface area contributed by atoms with E-state index in [2.05, 4.69) is 15.9 Å². The summed E-state index contributed by atoms with van der Waals surface area (Å²) in [6, 6.07) is 4.80. The summed E-state index contributed by atoms with van der Waals surface area (Å²) in [5.74, 6) is 0. The molecule has 5 heteroatoms. The minimum atomic E-state index is -0.407. The molecule has 0 aliphatic heterocycles. The highest BCUT2D eigenvalue weighted by molar-refractivity contribution is 9.10. The fraction of sp³-hybridized carbons (Fsp3) is 0.500. The first-order valence-electron chi connectivity index (χ1n) is 5.55. The summed E-state index contributed by atoms with van der Waals surface area (Å²) in [4.78, 5) is 10.2. The van der Waals surface area contributed by atoms with Crippen molar-refractivity contribution in [1.82, 2.24) is 0 Å². The second kappa shape index (κ2) is 4.38. The van der Waals surface area contributed by atoms with E-state index in [1.807, 2.05) is 6.92 Å². The first-order chi connectivity index (χ1) is 7.94. The molecule has 1 aromatic carbocycles. The van der Waals surface area contributed by atoms with Crippen LogP contribution in [0.25, 0.3) is 0 Å². The van der Waals surface area contributed by atoms with Crippen LogP contribution in [0.5, 0.6) is 0 Å². The Morgan fingerprint density at radius 3 is 2.65 bits per heavy atom. The maximum atomic E-state index is 10.6. The zero-order valence-corrected chi connectivity index (χ0v) is 11.1. The molecule has 0 spiro atoms. The molecule has 1 aliphatic rings. The molecule has 1 saturated carbocycles. The van der Waals surface area contributed by atoms with Crippen LogP contribution in [0.15, 0.2) is 22.7 Å². The van der Waals surface area contributed by atoms with Crippen LogP contribution in [-0.2, 0) is 6.42 Å². The van der Waals surface area contributed by atoms with Crippen molar-refractivity contribution in [2.24, 2.45) is 5.41 Å². The van der Waals surface area contributed by atoms with Crippen LogP contribution < -0.4 is 0 Å². The number of hydrogen-bond donors (Lipinski definition) is 1. The second-order valence-electron chi connectivity index (χ2n) is 4.75. The first kappa shape index (κ1) is 12.5. The van der Waals surface area contributed by atoms with Gasteiger partial charge in [-0.1, -0.05) is 22.0 Å². The fourth-order valence-corrected chi connectivity index (χ4v) is 2.58. The van der Waals surface area contributed by atoms with Gasteiger partial charge in [-0.15, -0.1) is 0 Å². The molecule has 0 aromatic heterocycles. The summed E-state index contributed by atoms with van der Waals surface area (Å²) in [5.41, 5.74) is 1.09. The van der Waals surface area contributed by atoms with Crippen molar-refractivity contribution in [2.45, 2.75) is 32.3 Å². The van der Waals surface area contributed by atoms with Gasteiger partial charge in [0.2, 0.25) is 0 Å². The summed E-state index contributed by atoms with van der Waals surface area (Å²) in [6.07, 6.45) is 2.48. The summed E-state index contributed by atoms with van der Waals surface area (Å²) in [6.45, 7) is 1.81. The van der Waals surface area contributed by atoms with Gasteiger partial charge in [0.15, 0.2) is 0 Å². The number of nitro benzene ring substituents is 1. The van der Waals surface area contributed by atoms with Crippen LogP contribution in [0.3, 0.4) is 0 Å². The molecule has 92 valence electrons. The number of rotatable bonds is 4. The van der Waals surface area contributed by atoms with Crippen molar-refractivity contribution >= 4 is 21.6 Å². The third-order valence-electron chi connectivity index (χ3n) is 3.57. The van der Waals surface area contributed by atoms with Gasteiger partial charge in [0.25, 0.3) is 5.69 Å². The lowest BCUT2D eigenvalue weighted by Crippen LogP contribution is -2.20. The minimum Gasteiger partial charge on any atom is -0.393 e. The molecule has 0 amide bonds. The number of hydrogen-bond acceptors (Lipinski definition) is 3. The lowest BCUT2D eigenvalue weighted by atomic mass is 9.91. The third kappa shape index (κ3) is 2.50. The first-order valence-corrected chi connectivity index (χ1v) is 6.35. The van der Waals surface area contributed by atoms with Gasteiger partial charge in [-0.3, -0.25) is 10.1 Å². The van der Waals surface area contributed by atoms with Crippen LogP contribution >= 0.6 is 15.9 Å². The lowest BCUT2D eigenvalue weighted by Gasteiger charge is -2.19. The Bertz CT molecular complexity index is 455. The Kier molecular flexibility index (Phi) is 3.23. The molecule has 1 fully saturated rings. The normalized spacial score (nSPS) is 18.8. The molecule has 1 aromatic rings. The predicted molar refractivity (Wildman–Crippen MR) is 67.8 cm³/mol. The van der Waals surface area contributed by atoms with Crippen molar-refractivity contribution in [2.75, 3.05) is 0 Å². The number of nitro groups is 1. The Morgan fingerprint density at radius 2 is 2.24 bits per heavy atom. The molecule has 0 bridgehead atoms. The zero-order valence-electron chi connectivity index (χ0n) is 9.52. The van der Waals surface area contributed by atoms with E-state index in [0.717, 1.165) is 29.3 Å². The summed E-state index contributed by atoms with van der Waals surface area (Å²) in [7, 11) is 0.